The Bertz CT molecular complexity index is 959. The van der Waals surface area contributed by atoms with Gasteiger partial charge in [0.1, 0.15) is 18.8 Å². The summed E-state index contributed by atoms with van der Waals surface area (Å²) < 4.78 is 32.8. The number of halogens is 1. The lowest BCUT2D eigenvalue weighted by molar-refractivity contribution is -0.279. The molecule has 11 heteroatoms. The van der Waals surface area contributed by atoms with Crippen molar-refractivity contribution in [3.8, 4) is 0 Å². The van der Waals surface area contributed by atoms with Crippen LogP contribution in [0.3, 0.4) is 0 Å². The van der Waals surface area contributed by atoms with Gasteiger partial charge in [-0.05, 0) is 24.6 Å². The van der Waals surface area contributed by atoms with Gasteiger partial charge in [-0.1, -0.05) is 36.7 Å². The second kappa shape index (κ2) is 13.1. The number of ether oxygens (including phenoxy) is 6. The zero-order valence-corrected chi connectivity index (χ0v) is 20.9. The molecule has 1 heterocycles. The van der Waals surface area contributed by atoms with E-state index in [1.165, 1.54) is 26.8 Å². The summed E-state index contributed by atoms with van der Waals surface area (Å²) in [7, 11) is 0. The lowest BCUT2D eigenvalue weighted by Gasteiger charge is -2.43. The van der Waals surface area contributed by atoms with Crippen LogP contribution in [0.1, 0.15) is 40.2 Å². The molecule has 192 valence electrons. The quantitative estimate of drug-likeness (QED) is 0.211. The van der Waals surface area contributed by atoms with Gasteiger partial charge in [-0.2, -0.15) is 0 Å². The van der Waals surface area contributed by atoms with Gasteiger partial charge in [0.05, 0.1) is 12.5 Å². The van der Waals surface area contributed by atoms with Crippen molar-refractivity contribution in [2.75, 3.05) is 13.2 Å². The molecule has 1 fully saturated rings. The molecular formula is C24H29ClO10. The number of hydrogen-bond donors (Lipinski definition) is 0. The van der Waals surface area contributed by atoms with Gasteiger partial charge in [-0.3, -0.25) is 14.4 Å². The van der Waals surface area contributed by atoms with Crippen LogP contribution >= 0.6 is 11.6 Å². The number of carbonyl (C=O) groups is 4. The van der Waals surface area contributed by atoms with E-state index in [4.69, 9.17) is 40.0 Å². The molecule has 0 aromatic heterocycles. The van der Waals surface area contributed by atoms with Gasteiger partial charge in [-0.15, -0.1) is 0 Å². The van der Waals surface area contributed by atoms with Gasteiger partial charge in [0.15, 0.2) is 6.10 Å². The Kier molecular flexibility index (Phi) is 10.5. The Balaban J connectivity index is 2.44. The number of benzene rings is 1. The standard InChI is InChI=1S/C24H29ClO10/c1-6-30-23(29)19(11-17-9-7-8-10-18(17)25)34-24-13(2)21(32-15(4)27)22(33-16(5)28)20(35-24)12-31-14(3)26/h7-11,13,20-22,24H,6,12H2,1-5H3/b19-11-/t13-,20-,21-,22+,24-/m0/s1. The summed E-state index contributed by atoms with van der Waals surface area (Å²) in [5.74, 6) is -3.59. The second-order valence-electron chi connectivity index (χ2n) is 7.72. The average Bonchev–Trinajstić information content (AvgIpc) is 2.77. The van der Waals surface area contributed by atoms with Crippen LogP contribution in [-0.2, 0) is 47.6 Å². The number of hydrogen-bond acceptors (Lipinski definition) is 10. The molecule has 2 rings (SSSR count). The molecule has 0 bridgehead atoms. The molecule has 0 saturated carbocycles. The van der Waals surface area contributed by atoms with E-state index in [1.54, 1.807) is 38.1 Å². The Hall–Kier alpha value is -3.11. The summed E-state index contributed by atoms with van der Waals surface area (Å²) in [4.78, 5) is 47.7. The number of esters is 4. The van der Waals surface area contributed by atoms with E-state index in [1.807, 2.05) is 0 Å². The Morgan fingerprint density at radius 2 is 1.57 bits per heavy atom. The average molecular weight is 513 g/mol. The van der Waals surface area contributed by atoms with Crippen molar-refractivity contribution in [1.29, 1.82) is 0 Å². The lowest BCUT2D eigenvalue weighted by Crippen LogP contribution is -2.58. The van der Waals surface area contributed by atoms with Crippen LogP contribution in [0.5, 0.6) is 0 Å². The zero-order chi connectivity index (χ0) is 26.1. The lowest BCUT2D eigenvalue weighted by atomic mass is 9.91. The molecule has 1 saturated heterocycles. The first kappa shape index (κ1) is 28.1. The monoisotopic (exact) mass is 512 g/mol. The first-order valence-electron chi connectivity index (χ1n) is 11.0. The number of carbonyl (C=O) groups excluding carboxylic acids is 4. The smallest absolute Gasteiger partial charge is 0.373 e. The maximum Gasteiger partial charge on any atom is 0.373 e. The van der Waals surface area contributed by atoms with Crippen LogP contribution in [0.4, 0.5) is 0 Å². The van der Waals surface area contributed by atoms with Crippen molar-refractivity contribution in [1.82, 2.24) is 0 Å². The molecule has 0 N–H and O–H groups in total. The van der Waals surface area contributed by atoms with Crippen molar-refractivity contribution in [3.63, 3.8) is 0 Å². The predicted octanol–water partition coefficient (Wildman–Crippen LogP) is 3.05. The summed E-state index contributed by atoms with van der Waals surface area (Å²) in [6.45, 7) is 6.63. The van der Waals surface area contributed by atoms with Crippen molar-refractivity contribution < 1.29 is 47.6 Å². The molecule has 1 aliphatic heterocycles. The molecule has 0 unspecified atom stereocenters. The van der Waals surface area contributed by atoms with Gasteiger partial charge < -0.3 is 28.4 Å². The van der Waals surface area contributed by atoms with Gasteiger partial charge >= 0.3 is 23.9 Å². The van der Waals surface area contributed by atoms with E-state index in [0.29, 0.717) is 10.6 Å². The van der Waals surface area contributed by atoms with Crippen LogP contribution in [-0.4, -0.2) is 61.7 Å². The molecule has 0 aliphatic carbocycles. The minimum absolute atomic E-state index is 0.0861. The third-order valence-electron chi connectivity index (χ3n) is 4.91. The van der Waals surface area contributed by atoms with Crippen molar-refractivity contribution in [2.45, 2.75) is 59.2 Å². The molecule has 1 aromatic rings. The molecule has 1 aliphatic rings. The van der Waals surface area contributed by atoms with Gasteiger partial charge in [0, 0.05) is 25.8 Å². The molecule has 0 radical (unpaired) electrons. The van der Waals surface area contributed by atoms with Crippen molar-refractivity contribution in [2.24, 2.45) is 5.92 Å². The van der Waals surface area contributed by atoms with Gasteiger partial charge in [-0.25, -0.2) is 4.79 Å². The summed E-state index contributed by atoms with van der Waals surface area (Å²) in [5, 5.41) is 0.371. The maximum absolute atomic E-state index is 12.7. The highest BCUT2D eigenvalue weighted by molar-refractivity contribution is 6.32. The highest BCUT2D eigenvalue weighted by Crippen LogP contribution is 2.33. The van der Waals surface area contributed by atoms with E-state index >= 15 is 0 Å². The molecule has 1 aromatic carbocycles. The van der Waals surface area contributed by atoms with E-state index in [9.17, 15) is 19.2 Å². The largest absolute Gasteiger partial charge is 0.463 e. The summed E-state index contributed by atoms with van der Waals surface area (Å²) in [5.41, 5.74) is 0.492. The highest BCUT2D eigenvalue weighted by Gasteiger charge is 2.49. The molecule has 5 atom stereocenters. The first-order chi connectivity index (χ1) is 16.5. The van der Waals surface area contributed by atoms with Crippen LogP contribution < -0.4 is 0 Å². The third kappa shape index (κ3) is 8.25. The summed E-state index contributed by atoms with van der Waals surface area (Å²) in [6.07, 6.45) is -2.96. The topological polar surface area (TPSA) is 124 Å². The molecular weight excluding hydrogens is 484 g/mol. The normalized spacial score (nSPS) is 24.2. The Morgan fingerprint density at radius 1 is 0.943 bits per heavy atom. The summed E-state index contributed by atoms with van der Waals surface area (Å²) in [6, 6.07) is 6.79. The molecule has 0 amide bonds. The Morgan fingerprint density at radius 3 is 2.14 bits per heavy atom. The zero-order valence-electron chi connectivity index (χ0n) is 20.1. The van der Waals surface area contributed by atoms with Gasteiger partial charge in [0.25, 0.3) is 0 Å². The fourth-order valence-electron chi connectivity index (χ4n) is 3.41. The number of rotatable bonds is 9. The predicted molar refractivity (Wildman–Crippen MR) is 123 cm³/mol. The first-order valence-corrected chi connectivity index (χ1v) is 11.3. The SMILES string of the molecule is CCOC(=O)/C(=C/c1ccccc1Cl)O[C@H]1O[C@@H](COC(C)=O)[C@@H](OC(C)=O)[C@@H](OC(C)=O)[C@@H]1C. The van der Waals surface area contributed by atoms with Crippen molar-refractivity contribution >= 4 is 41.6 Å². The highest BCUT2D eigenvalue weighted by atomic mass is 35.5. The van der Waals surface area contributed by atoms with E-state index < -0.39 is 54.4 Å². The minimum Gasteiger partial charge on any atom is -0.463 e. The molecule has 35 heavy (non-hydrogen) atoms. The summed E-state index contributed by atoms with van der Waals surface area (Å²) >= 11 is 6.23. The fraction of sp³-hybridized carbons (Fsp3) is 0.500. The van der Waals surface area contributed by atoms with E-state index in [0.717, 1.165) is 0 Å². The Labute approximate surface area is 208 Å². The van der Waals surface area contributed by atoms with E-state index in [2.05, 4.69) is 0 Å². The van der Waals surface area contributed by atoms with Crippen LogP contribution in [0.2, 0.25) is 5.02 Å². The second-order valence-corrected chi connectivity index (χ2v) is 8.13. The molecule has 10 nitrogen and oxygen atoms in total. The van der Waals surface area contributed by atoms with E-state index in [-0.39, 0.29) is 19.0 Å². The fourth-order valence-corrected chi connectivity index (χ4v) is 3.60. The third-order valence-corrected chi connectivity index (χ3v) is 5.26. The van der Waals surface area contributed by atoms with Crippen LogP contribution in [0.25, 0.3) is 6.08 Å². The van der Waals surface area contributed by atoms with Crippen molar-refractivity contribution in [3.05, 3.63) is 40.6 Å². The van der Waals surface area contributed by atoms with Crippen LogP contribution in [0, 0.1) is 5.92 Å². The van der Waals surface area contributed by atoms with Crippen LogP contribution in [0.15, 0.2) is 30.0 Å². The van der Waals surface area contributed by atoms with Gasteiger partial charge in [0.2, 0.25) is 12.0 Å². The minimum atomic E-state index is -1.18. The maximum atomic E-state index is 12.7. The molecule has 0 spiro atoms.